The third kappa shape index (κ3) is 3.08. The molecule has 7 nitrogen and oxygen atoms in total. The number of rotatable bonds is 3. The number of hydrazine groups is 1. The van der Waals surface area contributed by atoms with Crippen LogP contribution in [0.2, 0.25) is 0 Å². The fraction of sp³-hybridized carbons (Fsp3) is 0.455. The molecule has 7 heteroatoms. The number of carbonyl (C=O) groups is 2. The van der Waals surface area contributed by atoms with Crippen LogP contribution in [-0.4, -0.2) is 36.3 Å². The van der Waals surface area contributed by atoms with E-state index in [1.807, 2.05) is 10.3 Å². The number of amides is 2. The van der Waals surface area contributed by atoms with Gasteiger partial charge < -0.3 is 9.73 Å². The minimum Gasteiger partial charge on any atom is -0.467 e. The standard InChI is InChI=1S/C11H16N4O3/c12-14-11(17)8-4-9(18-7-8)5-15-3-1-2-13-10(16)6-15/h4,7H,1-3,5-6,12H2,(H,13,16)(H,14,17). The molecule has 1 aromatic rings. The van der Waals surface area contributed by atoms with Gasteiger partial charge in [0.1, 0.15) is 12.0 Å². The molecule has 0 radical (unpaired) electrons. The van der Waals surface area contributed by atoms with E-state index < -0.39 is 5.91 Å². The molecule has 1 aliphatic heterocycles. The highest BCUT2D eigenvalue weighted by atomic mass is 16.3. The van der Waals surface area contributed by atoms with Crippen LogP contribution in [0, 0.1) is 0 Å². The number of hydrogen-bond acceptors (Lipinski definition) is 5. The number of nitrogen functional groups attached to an aromatic ring is 1. The normalized spacial score (nSPS) is 17.1. The predicted octanol–water partition coefficient (Wildman–Crippen LogP) is -0.795. The van der Waals surface area contributed by atoms with E-state index in [2.05, 4.69) is 5.32 Å². The van der Waals surface area contributed by atoms with E-state index in [0.717, 1.165) is 13.0 Å². The summed E-state index contributed by atoms with van der Waals surface area (Å²) >= 11 is 0. The average molecular weight is 252 g/mol. The van der Waals surface area contributed by atoms with Gasteiger partial charge in [0.15, 0.2) is 0 Å². The van der Waals surface area contributed by atoms with Crippen LogP contribution in [0.15, 0.2) is 16.7 Å². The lowest BCUT2D eigenvalue weighted by Crippen LogP contribution is -2.32. The highest BCUT2D eigenvalue weighted by molar-refractivity contribution is 5.93. The number of furan rings is 1. The fourth-order valence-corrected chi connectivity index (χ4v) is 1.89. The van der Waals surface area contributed by atoms with Crippen molar-refractivity contribution in [2.75, 3.05) is 19.6 Å². The molecule has 0 saturated carbocycles. The summed E-state index contributed by atoms with van der Waals surface area (Å²) in [5.74, 6) is 5.30. The van der Waals surface area contributed by atoms with Gasteiger partial charge in [0.05, 0.1) is 18.7 Å². The summed E-state index contributed by atoms with van der Waals surface area (Å²) in [6.45, 7) is 2.37. The maximum Gasteiger partial charge on any atom is 0.268 e. The second kappa shape index (κ2) is 5.65. The molecule has 2 amide bonds. The largest absolute Gasteiger partial charge is 0.467 e. The molecule has 0 unspecified atom stereocenters. The van der Waals surface area contributed by atoms with Gasteiger partial charge in [0, 0.05) is 13.1 Å². The van der Waals surface area contributed by atoms with Crippen LogP contribution in [0.5, 0.6) is 0 Å². The van der Waals surface area contributed by atoms with E-state index in [9.17, 15) is 9.59 Å². The van der Waals surface area contributed by atoms with E-state index in [-0.39, 0.29) is 5.91 Å². The molecule has 0 bridgehead atoms. The SMILES string of the molecule is NNC(=O)c1coc(CN2CCCNC(=O)C2)c1. The molecule has 0 atom stereocenters. The first-order chi connectivity index (χ1) is 8.69. The first kappa shape index (κ1) is 12.6. The van der Waals surface area contributed by atoms with Crippen molar-refractivity contribution >= 4 is 11.8 Å². The lowest BCUT2D eigenvalue weighted by Gasteiger charge is -2.16. The molecule has 0 aromatic carbocycles. The molecule has 1 saturated heterocycles. The van der Waals surface area contributed by atoms with Crippen molar-refractivity contribution in [2.24, 2.45) is 5.84 Å². The summed E-state index contributed by atoms with van der Waals surface area (Å²) in [6.07, 6.45) is 2.26. The maximum absolute atomic E-state index is 11.4. The zero-order valence-electron chi connectivity index (χ0n) is 9.94. The molecule has 1 fully saturated rings. The minimum absolute atomic E-state index is 0.0129. The summed E-state index contributed by atoms with van der Waals surface area (Å²) in [5.41, 5.74) is 2.42. The Morgan fingerprint density at radius 3 is 3.22 bits per heavy atom. The van der Waals surface area contributed by atoms with Gasteiger partial charge in [0.25, 0.3) is 5.91 Å². The first-order valence-electron chi connectivity index (χ1n) is 5.76. The number of nitrogens with one attached hydrogen (secondary N) is 2. The van der Waals surface area contributed by atoms with Crippen LogP contribution in [0.4, 0.5) is 0 Å². The van der Waals surface area contributed by atoms with E-state index in [1.165, 1.54) is 6.26 Å². The van der Waals surface area contributed by atoms with Crippen LogP contribution < -0.4 is 16.6 Å². The summed E-state index contributed by atoms with van der Waals surface area (Å²) in [6, 6.07) is 1.63. The Morgan fingerprint density at radius 1 is 1.61 bits per heavy atom. The molecule has 0 spiro atoms. The van der Waals surface area contributed by atoms with Gasteiger partial charge in [-0.1, -0.05) is 0 Å². The molecule has 4 N–H and O–H groups in total. The Kier molecular flexibility index (Phi) is 3.96. The van der Waals surface area contributed by atoms with Crippen LogP contribution in [0.1, 0.15) is 22.5 Å². The Hall–Kier alpha value is -1.86. The number of nitrogens with zero attached hydrogens (tertiary/aromatic N) is 1. The molecule has 18 heavy (non-hydrogen) atoms. The Balaban J connectivity index is 1.98. The highest BCUT2D eigenvalue weighted by Crippen LogP contribution is 2.11. The summed E-state index contributed by atoms with van der Waals surface area (Å²) < 4.78 is 5.28. The highest BCUT2D eigenvalue weighted by Gasteiger charge is 2.17. The Labute approximate surface area is 104 Å². The average Bonchev–Trinajstić information content (AvgIpc) is 2.72. The first-order valence-corrected chi connectivity index (χ1v) is 5.76. The van der Waals surface area contributed by atoms with Gasteiger partial charge in [-0.2, -0.15) is 0 Å². The number of hydrogen-bond donors (Lipinski definition) is 3. The zero-order valence-corrected chi connectivity index (χ0v) is 9.94. The van der Waals surface area contributed by atoms with Crippen molar-refractivity contribution < 1.29 is 14.0 Å². The van der Waals surface area contributed by atoms with Crippen molar-refractivity contribution in [3.63, 3.8) is 0 Å². The second-order valence-electron chi connectivity index (χ2n) is 4.19. The Bertz CT molecular complexity index is 443. The second-order valence-corrected chi connectivity index (χ2v) is 4.19. The molecule has 98 valence electrons. The van der Waals surface area contributed by atoms with E-state index in [0.29, 0.717) is 31.0 Å². The van der Waals surface area contributed by atoms with Crippen LogP contribution >= 0.6 is 0 Å². The lowest BCUT2D eigenvalue weighted by atomic mass is 10.3. The van der Waals surface area contributed by atoms with Crippen LogP contribution in [-0.2, 0) is 11.3 Å². The summed E-state index contributed by atoms with van der Waals surface area (Å²) in [7, 11) is 0. The van der Waals surface area contributed by atoms with Crippen LogP contribution in [0.25, 0.3) is 0 Å². The monoisotopic (exact) mass is 252 g/mol. The van der Waals surface area contributed by atoms with Gasteiger partial charge in [-0.15, -0.1) is 0 Å². The van der Waals surface area contributed by atoms with Crippen LogP contribution in [0.3, 0.4) is 0 Å². The van der Waals surface area contributed by atoms with Crippen molar-refractivity contribution in [2.45, 2.75) is 13.0 Å². The fourth-order valence-electron chi connectivity index (χ4n) is 1.89. The maximum atomic E-state index is 11.4. The molecule has 2 heterocycles. The van der Waals surface area contributed by atoms with Gasteiger partial charge >= 0.3 is 0 Å². The van der Waals surface area contributed by atoms with E-state index >= 15 is 0 Å². The van der Waals surface area contributed by atoms with Gasteiger partial charge in [-0.25, -0.2) is 5.84 Å². The van der Waals surface area contributed by atoms with Gasteiger partial charge in [0.2, 0.25) is 5.91 Å². The quantitative estimate of drug-likeness (QED) is 0.371. The third-order valence-corrected chi connectivity index (χ3v) is 2.77. The summed E-state index contributed by atoms with van der Waals surface area (Å²) in [4.78, 5) is 24.6. The van der Waals surface area contributed by atoms with Gasteiger partial charge in [-0.05, 0) is 12.5 Å². The molecular weight excluding hydrogens is 236 g/mol. The van der Waals surface area contributed by atoms with Crippen molar-refractivity contribution in [1.29, 1.82) is 0 Å². The molecular formula is C11H16N4O3. The minimum atomic E-state index is -0.390. The zero-order chi connectivity index (χ0) is 13.0. The van der Waals surface area contributed by atoms with Gasteiger partial charge in [-0.3, -0.25) is 19.9 Å². The molecule has 2 rings (SSSR count). The van der Waals surface area contributed by atoms with Crippen molar-refractivity contribution in [3.8, 4) is 0 Å². The molecule has 1 aromatic heterocycles. The Morgan fingerprint density at radius 2 is 2.44 bits per heavy atom. The van der Waals surface area contributed by atoms with Crippen molar-refractivity contribution in [3.05, 3.63) is 23.7 Å². The molecule has 1 aliphatic rings. The molecule has 0 aliphatic carbocycles. The van der Waals surface area contributed by atoms with Crippen molar-refractivity contribution in [1.82, 2.24) is 15.6 Å². The van der Waals surface area contributed by atoms with E-state index in [1.54, 1.807) is 6.07 Å². The summed E-state index contributed by atoms with van der Waals surface area (Å²) in [5, 5.41) is 2.80. The third-order valence-electron chi connectivity index (χ3n) is 2.77. The number of carbonyl (C=O) groups excluding carboxylic acids is 2. The number of nitrogens with two attached hydrogens (primary N) is 1. The smallest absolute Gasteiger partial charge is 0.268 e. The predicted molar refractivity (Wildman–Crippen MR) is 63.3 cm³/mol. The lowest BCUT2D eigenvalue weighted by molar-refractivity contribution is -0.121. The van der Waals surface area contributed by atoms with E-state index in [4.69, 9.17) is 10.3 Å². The topological polar surface area (TPSA) is 101 Å².